The van der Waals surface area contributed by atoms with E-state index in [1.165, 1.54) is 0 Å². The number of aromatic nitrogens is 1. The quantitative estimate of drug-likeness (QED) is 0.913. The molecular weight excluding hydrogens is 330 g/mol. The molecule has 110 valence electrons. The molecule has 1 amide bonds. The second-order valence-corrected chi connectivity index (χ2v) is 5.65. The van der Waals surface area contributed by atoms with Crippen LogP contribution in [0.5, 0.6) is 0 Å². The van der Waals surface area contributed by atoms with Gasteiger partial charge in [-0.2, -0.15) is 0 Å². The van der Waals surface area contributed by atoms with Crippen molar-refractivity contribution in [1.29, 1.82) is 0 Å². The topological polar surface area (TPSA) is 45.2 Å². The molecule has 5 heteroatoms. The van der Waals surface area contributed by atoms with Gasteiger partial charge in [-0.15, -0.1) is 0 Å². The van der Waals surface area contributed by atoms with E-state index < -0.39 is 0 Å². The molecule has 4 nitrogen and oxygen atoms in total. The lowest BCUT2D eigenvalue weighted by Gasteiger charge is -2.21. The van der Waals surface area contributed by atoms with E-state index >= 15 is 0 Å². The number of nitrogens with zero attached hydrogens (tertiary/aromatic N) is 2. The molecule has 0 aliphatic rings. The monoisotopic (exact) mass is 347 g/mol. The average molecular weight is 348 g/mol. The summed E-state index contributed by atoms with van der Waals surface area (Å²) >= 11 is 3.37. The van der Waals surface area contributed by atoms with Crippen LogP contribution in [0.2, 0.25) is 0 Å². The molecule has 0 radical (unpaired) electrons. The summed E-state index contributed by atoms with van der Waals surface area (Å²) in [4.78, 5) is 18.7. The van der Waals surface area contributed by atoms with Crippen LogP contribution >= 0.6 is 15.9 Å². The van der Waals surface area contributed by atoms with Crippen molar-refractivity contribution < 1.29 is 4.79 Å². The van der Waals surface area contributed by atoms with E-state index in [9.17, 15) is 4.79 Å². The van der Waals surface area contributed by atoms with Gasteiger partial charge in [0.25, 0.3) is 5.91 Å². The lowest BCUT2D eigenvalue weighted by atomic mass is 10.1. The van der Waals surface area contributed by atoms with Crippen LogP contribution in [0.15, 0.2) is 41.0 Å². The number of hydrogen-bond donors (Lipinski definition) is 1. The summed E-state index contributed by atoms with van der Waals surface area (Å²) in [6.07, 6.45) is 1.68. The first kappa shape index (κ1) is 15.5. The number of hydrogen-bond acceptors (Lipinski definition) is 3. The second-order valence-electron chi connectivity index (χ2n) is 4.73. The normalized spacial score (nSPS) is 10.3. The van der Waals surface area contributed by atoms with E-state index in [1.807, 2.05) is 38.1 Å². The van der Waals surface area contributed by atoms with Crippen molar-refractivity contribution in [3.63, 3.8) is 0 Å². The Morgan fingerprint density at radius 3 is 2.76 bits per heavy atom. The molecule has 0 saturated heterocycles. The molecule has 21 heavy (non-hydrogen) atoms. The first-order valence-corrected chi connectivity index (χ1v) is 7.57. The molecule has 0 saturated carbocycles. The van der Waals surface area contributed by atoms with Crippen molar-refractivity contribution in [3.8, 4) is 0 Å². The molecule has 0 unspecified atom stereocenters. The van der Waals surface area contributed by atoms with Gasteiger partial charge in [0.1, 0.15) is 5.82 Å². The van der Waals surface area contributed by atoms with Crippen LogP contribution in [0, 0.1) is 6.92 Å². The van der Waals surface area contributed by atoms with Crippen molar-refractivity contribution in [2.75, 3.05) is 23.8 Å². The summed E-state index contributed by atoms with van der Waals surface area (Å²) in [6, 6.07) is 9.61. The predicted molar refractivity (Wildman–Crippen MR) is 90.0 cm³/mol. The lowest BCUT2D eigenvalue weighted by Crippen LogP contribution is -2.28. The Bertz CT molecular complexity index is 658. The minimum atomic E-state index is -0.0888. The molecular formula is C16H18BrN3O. The largest absolute Gasteiger partial charge is 0.370 e. The van der Waals surface area contributed by atoms with Crippen molar-refractivity contribution >= 4 is 33.3 Å². The van der Waals surface area contributed by atoms with Crippen molar-refractivity contribution in [1.82, 2.24) is 4.98 Å². The number of para-hydroxylation sites is 1. The minimum Gasteiger partial charge on any atom is -0.370 e. The number of halogens is 1. The third-order valence-electron chi connectivity index (χ3n) is 3.21. The Balaban J connectivity index is 2.40. The summed E-state index contributed by atoms with van der Waals surface area (Å²) in [5, 5.41) is 3.13. The molecule has 2 rings (SSSR count). The molecule has 2 aromatic rings. The Hall–Kier alpha value is -1.88. The van der Waals surface area contributed by atoms with E-state index in [1.54, 1.807) is 24.2 Å². The zero-order chi connectivity index (χ0) is 15.4. The van der Waals surface area contributed by atoms with Gasteiger partial charge < -0.3 is 10.2 Å². The summed E-state index contributed by atoms with van der Waals surface area (Å²) in [5.41, 5.74) is 2.50. The van der Waals surface area contributed by atoms with Crippen LogP contribution in [0.4, 0.5) is 11.5 Å². The third kappa shape index (κ3) is 3.42. The predicted octanol–water partition coefficient (Wildman–Crippen LogP) is 3.86. The molecule has 0 spiro atoms. The van der Waals surface area contributed by atoms with Gasteiger partial charge in [-0.3, -0.25) is 4.79 Å². The van der Waals surface area contributed by atoms with Crippen molar-refractivity contribution in [3.05, 3.63) is 52.1 Å². The maximum Gasteiger partial charge on any atom is 0.261 e. The summed E-state index contributed by atoms with van der Waals surface area (Å²) < 4.78 is 0.783. The smallest absolute Gasteiger partial charge is 0.261 e. The van der Waals surface area contributed by atoms with Gasteiger partial charge in [0.05, 0.1) is 5.56 Å². The van der Waals surface area contributed by atoms with Crippen LogP contribution in [0.3, 0.4) is 0 Å². The number of aryl methyl sites for hydroxylation is 1. The second kappa shape index (κ2) is 6.72. The maximum atomic E-state index is 12.8. The Kier molecular flexibility index (Phi) is 4.96. The number of benzene rings is 1. The van der Waals surface area contributed by atoms with Crippen LogP contribution in [-0.2, 0) is 0 Å². The highest BCUT2D eigenvalue weighted by Gasteiger charge is 2.19. The van der Waals surface area contributed by atoms with Crippen LogP contribution in [-0.4, -0.2) is 24.5 Å². The molecule has 0 bridgehead atoms. The van der Waals surface area contributed by atoms with Gasteiger partial charge in [-0.05, 0) is 47.5 Å². The van der Waals surface area contributed by atoms with Gasteiger partial charge in [0, 0.05) is 29.9 Å². The molecule has 0 aliphatic heterocycles. The Morgan fingerprint density at radius 1 is 1.38 bits per heavy atom. The zero-order valence-corrected chi connectivity index (χ0v) is 13.9. The number of amides is 1. The fourth-order valence-electron chi connectivity index (χ4n) is 2.14. The summed E-state index contributed by atoms with van der Waals surface area (Å²) in [7, 11) is 1.78. The van der Waals surface area contributed by atoms with Gasteiger partial charge >= 0.3 is 0 Å². The summed E-state index contributed by atoms with van der Waals surface area (Å²) in [6.45, 7) is 4.68. The van der Waals surface area contributed by atoms with Crippen LogP contribution in [0.25, 0.3) is 0 Å². The fraction of sp³-hybridized carbons (Fsp3) is 0.250. The molecule has 0 aliphatic carbocycles. The van der Waals surface area contributed by atoms with E-state index in [4.69, 9.17) is 0 Å². The van der Waals surface area contributed by atoms with E-state index in [0.717, 1.165) is 15.7 Å². The lowest BCUT2D eigenvalue weighted by molar-refractivity contribution is 0.0993. The summed E-state index contributed by atoms with van der Waals surface area (Å²) in [5.74, 6) is 0.514. The number of carbonyl (C=O) groups excluding carboxylic acids is 1. The number of pyridine rings is 1. The Labute approximate surface area is 133 Å². The number of nitrogens with one attached hydrogen (secondary N) is 1. The molecule has 1 aromatic heterocycles. The highest BCUT2D eigenvalue weighted by Crippen LogP contribution is 2.24. The van der Waals surface area contributed by atoms with Crippen LogP contribution < -0.4 is 10.2 Å². The Morgan fingerprint density at radius 2 is 2.10 bits per heavy atom. The van der Waals surface area contributed by atoms with Crippen molar-refractivity contribution in [2.24, 2.45) is 0 Å². The van der Waals surface area contributed by atoms with E-state index in [0.29, 0.717) is 17.9 Å². The van der Waals surface area contributed by atoms with Gasteiger partial charge in [0.2, 0.25) is 0 Å². The highest BCUT2D eigenvalue weighted by atomic mass is 79.9. The molecule has 1 aromatic carbocycles. The van der Waals surface area contributed by atoms with Gasteiger partial charge in [-0.1, -0.05) is 18.2 Å². The van der Waals surface area contributed by atoms with Crippen molar-refractivity contribution in [2.45, 2.75) is 13.8 Å². The maximum absolute atomic E-state index is 12.8. The number of carbonyl (C=O) groups is 1. The fourth-order valence-corrected chi connectivity index (χ4v) is 2.47. The minimum absolute atomic E-state index is 0.0888. The van der Waals surface area contributed by atoms with Gasteiger partial charge in [-0.25, -0.2) is 4.98 Å². The molecule has 1 N–H and O–H groups in total. The zero-order valence-electron chi connectivity index (χ0n) is 12.4. The van der Waals surface area contributed by atoms with E-state index in [2.05, 4.69) is 26.2 Å². The van der Waals surface area contributed by atoms with Gasteiger partial charge in [0.15, 0.2) is 0 Å². The number of anilines is 2. The molecule has 0 atom stereocenters. The highest BCUT2D eigenvalue weighted by molar-refractivity contribution is 9.10. The van der Waals surface area contributed by atoms with E-state index in [-0.39, 0.29) is 5.91 Å². The average Bonchev–Trinajstić information content (AvgIpc) is 2.48. The first-order valence-electron chi connectivity index (χ1n) is 6.77. The molecule has 0 fully saturated rings. The SMILES string of the molecule is CCNc1ncc(Br)cc1C(=O)N(C)c1ccccc1C. The molecule has 1 heterocycles. The third-order valence-corrected chi connectivity index (χ3v) is 3.64. The number of rotatable bonds is 4. The first-order chi connectivity index (χ1) is 10.0. The van der Waals surface area contributed by atoms with Crippen LogP contribution in [0.1, 0.15) is 22.8 Å². The standard InChI is InChI=1S/C16H18BrN3O/c1-4-18-15-13(9-12(17)10-19-15)16(21)20(3)14-8-6-5-7-11(14)2/h5-10H,4H2,1-3H3,(H,18,19).